The van der Waals surface area contributed by atoms with E-state index in [-0.39, 0.29) is 12.3 Å². The highest BCUT2D eigenvalue weighted by molar-refractivity contribution is 6.38. The van der Waals surface area contributed by atoms with E-state index in [4.69, 9.17) is 0 Å². The first-order valence-electron chi connectivity index (χ1n) is 8.19. The zero-order chi connectivity index (χ0) is 18.7. The molecule has 1 N–H and O–H groups in total. The van der Waals surface area contributed by atoms with Crippen LogP contribution in [-0.4, -0.2) is 18.2 Å². The van der Waals surface area contributed by atoms with Gasteiger partial charge in [-0.1, -0.05) is 30.3 Å². The number of rotatable bonds is 4. The molecule has 0 spiro atoms. The van der Waals surface area contributed by atoms with Crippen molar-refractivity contribution < 1.29 is 18.0 Å². The summed E-state index contributed by atoms with van der Waals surface area (Å²) < 4.78 is 38.2. The van der Waals surface area contributed by atoms with Crippen LogP contribution in [0.3, 0.4) is 0 Å². The number of carbonyl (C=O) groups is 1. The van der Waals surface area contributed by atoms with Crippen LogP contribution in [0, 0.1) is 0 Å². The van der Waals surface area contributed by atoms with Crippen molar-refractivity contribution in [2.24, 2.45) is 5.10 Å². The molecule has 0 atom stereocenters. The van der Waals surface area contributed by atoms with E-state index >= 15 is 0 Å². The molecule has 1 amide bonds. The molecule has 2 aromatic rings. The minimum absolute atomic E-state index is 0.00615. The average molecular weight is 361 g/mol. The van der Waals surface area contributed by atoms with E-state index in [0.29, 0.717) is 12.1 Å². The topological polar surface area (TPSA) is 44.7 Å². The number of alkyl halides is 3. The van der Waals surface area contributed by atoms with E-state index in [1.807, 2.05) is 24.3 Å². The molecule has 0 radical (unpaired) electrons. The van der Waals surface area contributed by atoms with E-state index in [2.05, 4.69) is 10.4 Å². The number of para-hydroxylation sites is 1. The van der Waals surface area contributed by atoms with Crippen LogP contribution in [0.4, 0.5) is 18.9 Å². The Balaban J connectivity index is 1.64. The molecule has 0 aromatic heterocycles. The van der Waals surface area contributed by atoms with Crippen molar-refractivity contribution in [2.75, 3.05) is 11.6 Å². The lowest BCUT2D eigenvalue weighted by Gasteiger charge is -2.14. The lowest BCUT2D eigenvalue weighted by Crippen LogP contribution is -2.31. The Labute approximate surface area is 149 Å². The Kier molecular flexibility index (Phi) is 4.97. The minimum atomic E-state index is -4.40. The Morgan fingerprint density at radius 1 is 1.19 bits per heavy atom. The number of hydrogen-bond acceptors (Lipinski definition) is 3. The maximum Gasteiger partial charge on any atom is 0.416 e. The summed E-state index contributed by atoms with van der Waals surface area (Å²) in [5.74, 6) is -0.410. The summed E-state index contributed by atoms with van der Waals surface area (Å²) in [6.07, 6.45) is -3.54. The minimum Gasteiger partial charge on any atom is -0.347 e. The van der Waals surface area contributed by atoms with Crippen molar-refractivity contribution in [3.8, 4) is 0 Å². The summed E-state index contributed by atoms with van der Waals surface area (Å²) in [5, 5.41) is 8.73. The van der Waals surface area contributed by atoms with Crippen LogP contribution in [0.15, 0.2) is 53.6 Å². The number of hydrazone groups is 1. The standard InChI is InChI=1S/C19H18F3N3O/c1-13(24-25-10-9-15-6-2-3-8-17(15)25)18(26)23-12-14-5-4-7-16(11-14)19(20,21)22/h2-8,11H,9-10,12H2,1H3,(H,23,26). The number of benzene rings is 2. The smallest absolute Gasteiger partial charge is 0.347 e. The molecular weight excluding hydrogens is 343 g/mol. The van der Waals surface area contributed by atoms with Crippen LogP contribution in [0.2, 0.25) is 0 Å². The molecule has 26 heavy (non-hydrogen) atoms. The van der Waals surface area contributed by atoms with E-state index in [1.54, 1.807) is 18.0 Å². The second-order valence-electron chi connectivity index (χ2n) is 6.07. The van der Waals surface area contributed by atoms with Crippen molar-refractivity contribution in [1.82, 2.24) is 5.32 Å². The van der Waals surface area contributed by atoms with Gasteiger partial charge >= 0.3 is 6.18 Å². The summed E-state index contributed by atoms with van der Waals surface area (Å²) in [6.45, 7) is 2.28. The molecule has 0 bridgehead atoms. The molecule has 136 valence electrons. The van der Waals surface area contributed by atoms with Gasteiger partial charge in [-0.2, -0.15) is 18.3 Å². The number of nitrogens with zero attached hydrogens (tertiary/aromatic N) is 2. The van der Waals surface area contributed by atoms with E-state index in [1.165, 1.54) is 11.6 Å². The fraction of sp³-hybridized carbons (Fsp3) is 0.263. The Hall–Kier alpha value is -2.83. The molecule has 3 rings (SSSR count). The number of fused-ring (bicyclic) bond motifs is 1. The third-order valence-electron chi connectivity index (χ3n) is 4.17. The number of nitrogens with one attached hydrogen (secondary N) is 1. The molecule has 0 fully saturated rings. The predicted molar refractivity (Wildman–Crippen MR) is 93.9 cm³/mol. The summed E-state index contributed by atoms with van der Waals surface area (Å²) in [7, 11) is 0. The van der Waals surface area contributed by atoms with Crippen molar-refractivity contribution in [2.45, 2.75) is 26.1 Å². The Morgan fingerprint density at radius 3 is 2.73 bits per heavy atom. The maximum absolute atomic E-state index is 12.7. The number of halogens is 3. The van der Waals surface area contributed by atoms with Gasteiger partial charge in [0.2, 0.25) is 0 Å². The molecule has 4 nitrogen and oxygen atoms in total. The van der Waals surface area contributed by atoms with Gasteiger partial charge in [-0.05, 0) is 42.7 Å². The lowest BCUT2D eigenvalue weighted by molar-refractivity contribution is -0.137. The summed E-state index contributed by atoms with van der Waals surface area (Å²) in [4.78, 5) is 12.2. The molecule has 1 aliphatic heterocycles. The van der Waals surface area contributed by atoms with Crippen LogP contribution in [0.1, 0.15) is 23.6 Å². The van der Waals surface area contributed by atoms with Crippen LogP contribution in [0.5, 0.6) is 0 Å². The van der Waals surface area contributed by atoms with Crippen LogP contribution < -0.4 is 10.3 Å². The van der Waals surface area contributed by atoms with Gasteiger partial charge in [0.15, 0.2) is 0 Å². The molecule has 7 heteroatoms. The summed E-state index contributed by atoms with van der Waals surface area (Å²) in [6, 6.07) is 12.7. The first-order valence-corrected chi connectivity index (χ1v) is 8.19. The van der Waals surface area contributed by atoms with Gasteiger partial charge in [-0.25, -0.2) is 0 Å². The first-order chi connectivity index (χ1) is 12.3. The molecule has 0 saturated carbocycles. The third-order valence-corrected chi connectivity index (χ3v) is 4.17. The largest absolute Gasteiger partial charge is 0.416 e. The lowest BCUT2D eigenvalue weighted by atomic mass is 10.1. The van der Waals surface area contributed by atoms with Gasteiger partial charge in [0.05, 0.1) is 11.3 Å². The number of hydrogen-bond donors (Lipinski definition) is 1. The van der Waals surface area contributed by atoms with Crippen molar-refractivity contribution in [3.05, 3.63) is 65.2 Å². The molecule has 0 unspecified atom stereocenters. The van der Waals surface area contributed by atoms with E-state index in [0.717, 1.165) is 24.2 Å². The van der Waals surface area contributed by atoms with Gasteiger partial charge in [-0.15, -0.1) is 0 Å². The van der Waals surface area contributed by atoms with Gasteiger partial charge in [-0.3, -0.25) is 9.80 Å². The first kappa shape index (κ1) is 18.0. The quantitative estimate of drug-likeness (QED) is 0.843. The highest BCUT2D eigenvalue weighted by atomic mass is 19.4. The maximum atomic E-state index is 12.7. The van der Waals surface area contributed by atoms with E-state index in [9.17, 15) is 18.0 Å². The van der Waals surface area contributed by atoms with Gasteiger partial charge in [0.1, 0.15) is 5.71 Å². The van der Waals surface area contributed by atoms with Crippen molar-refractivity contribution in [3.63, 3.8) is 0 Å². The normalized spacial score (nSPS) is 14.3. The second kappa shape index (κ2) is 7.19. The molecular formula is C19H18F3N3O. The second-order valence-corrected chi connectivity index (χ2v) is 6.07. The fourth-order valence-electron chi connectivity index (χ4n) is 2.82. The third kappa shape index (κ3) is 4.04. The fourth-order valence-corrected chi connectivity index (χ4v) is 2.82. The zero-order valence-corrected chi connectivity index (χ0v) is 14.2. The van der Waals surface area contributed by atoms with Crippen LogP contribution in [-0.2, 0) is 23.9 Å². The molecule has 2 aromatic carbocycles. The summed E-state index contributed by atoms with van der Waals surface area (Å²) >= 11 is 0. The SMILES string of the molecule is CC(=NN1CCc2ccccc21)C(=O)NCc1cccc(C(F)(F)F)c1. The molecule has 0 saturated heterocycles. The number of amides is 1. The summed E-state index contributed by atoms with van der Waals surface area (Å²) in [5.41, 5.74) is 2.05. The average Bonchev–Trinajstić information content (AvgIpc) is 3.02. The van der Waals surface area contributed by atoms with Crippen LogP contribution in [0.25, 0.3) is 0 Å². The number of anilines is 1. The molecule has 1 heterocycles. The van der Waals surface area contributed by atoms with Gasteiger partial charge in [0.25, 0.3) is 5.91 Å². The molecule has 0 aliphatic carbocycles. The van der Waals surface area contributed by atoms with Gasteiger partial charge < -0.3 is 5.32 Å². The Morgan fingerprint density at radius 2 is 1.96 bits per heavy atom. The Bertz CT molecular complexity index is 846. The van der Waals surface area contributed by atoms with Gasteiger partial charge in [0, 0.05) is 13.1 Å². The zero-order valence-electron chi connectivity index (χ0n) is 14.2. The monoisotopic (exact) mass is 361 g/mol. The highest BCUT2D eigenvalue weighted by Gasteiger charge is 2.30. The predicted octanol–water partition coefficient (Wildman–Crippen LogP) is 3.76. The van der Waals surface area contributed by atoms with Crippen molar-refractivity contribution >= 4 is 17.3 Å². The molecule has 1 aliphatic rings. The number of carbonyl (C=O) groups excluding carboxylic acids is 1. The van der Waals surface area contributed by atoms with Crippen LogP contribution >= 0.6 is 0 Å². The van der Waals surface area contributed by atoms with E-state index < -0.39 is 17.6 Å². The highest BCUT2D eigenvalue weighted by Crippen LogP contribution is 2.29. The van der Waals surface area contributed by atoms with Crippen molar-refractivity contribution in [1.29, 1.82) is 0 Å².